The third kappa shape index (κ3) is 2.29. The summed E-state index contributed by atoms with van der Waals surface area (Å²) in [7, 11) is 0. The molecule has 1 aliphatic carbocycles. The first-order chi connectivity index (χ1) is 8.17. The average Bonchev–Trinajstić information content (AvgIpc) is 2.84. The first kappa shape index (κ1) is 12.4. The third-order valence-electron chi connectivity index (χ3n) is 3.15. The lowest BCUT2D eigenvalue weighted by Gasteiger charge is -2.18. The van der Waals surface area contributed by atoms with E-state index in [2.05, 4.69) is 23.7 Å². The predicted octanol–water partition coefficient (Wildman–Crippen LogP) is 2.49. The van der Waals surface area contributed by atoms with Crippen LogP contribution in [0.25, 0.3) is 0 Å². The van der Waals surface area contributed by atoms with Crippen molar-refractivity contribution in [1.82, 2.24) is 4.98 Å². The Morgan fingerprint density at radius 1 is 1.59 bits per heavy atom. The SMILES string of the molecule is CCCN(CC)c1nc2c(s1)CCC2C(=O)O. The van der Waals surface area contributed by atoms with Gasteiger partial charge in [-0.15, -0.1) is 11.3 Å². The lowest BCUT2D eigenvalue weighted by Crippen LogP contribution is -2.23. The summed E-state index contributed by atoms with van der Waals surface area (Å²) in [5.41, 5.74) is 0.812. The highest BCUT2D eigenvalue weighted by Gasteiger charge is 2.32. The number of aryl methyl sites for hydroxylation is 1. The monoisotopic (exact) mass is 254 g/mol. The number of aliphatic carboxylic acids is 1. The predicted molar refractivity (Wildman–Crippen MR) is 69.0 cm³/mol. The van der Waals surface area contributed by atoms with Gasteiger partial charge < -0.3 is 10.0 Å². The number of hydrogen-bond acceptors (Lipinski definition) is 4. The van der Waals surface area contributed by atoms with Gasteiger partial charge in [-0.2, -0.15) is 0 Å². The Kier molecular flexibility index (Phi) is 3.66. The standard InChI is InChI=1S/C12H18N2O2S/c1-3-7-14(4-2)12-13-10-8(11(15)16)5-6-9(10)17-12/h8H,3-7H2,1-2H3,(H,15,16). The summed E-state index contributed by atoms with van der Waals surface area (Å²) in [6.07, 6.45) is 2.66. The van der Waals surface area contributed by atoms with Gasteiger partial charge in [0.25, 0.3) is 0 Å². The molecule has 5 heteroatoms. The summed E-state index contributed by atoms with van der Waals surface area (Å²) in [4.78, 5) is 19.0. The summed E-state index contributed by atoms with van der Waals surface area (Å²) in [6, 6.07) is 0. The zero-order valence-corrected chi connectivity index (χ0v) is 11.1. The quantitative estimate of drug-likeness (QED) is 0.877. The minimum atomic E-state index is -0.737. The van der Waals surface area contributed by atoms with Crippen molar-refractivity contribution in [1.29, 1.82) is 0 Å². The van der Waals surface area contributed by atoms with Crippen LogP contribution in [0, 0.1) is 0 Å². The number of nitrogens with zero attached hydrogens (tertiary/aromatic N) is 2. The summed E-state index contributed by atoms with van der Waals surface area (Å²) in [5.74, 6) is -1.12. The molecule has 4 nitrogen and oxygen atoms in total. The molecule has 1 unspecified atom stereocenters. The minimum absolute atomic E-state index is 0.379. The largest absolute Gasteiger partial charge is 0.481 e. The van der Waals surface area contributed by atoms with Crippen LogP contribution >= 0.6 is 11.3 Å². The molecular weight excluding hydrogens is 236 g/mol. The van der Waals surface area contributed by atoms with E-state index in [-0.39, 0.29) is 5.92 Å². The van der Waals surface area contributed by atoms with Gasteiger partial charge in [-0.3, -0.25) is 4.79 Å². The molecule has 1 aromatic heterocycles. The molecular formula is C12H18N2O2S. The van der Waals surface area contributed by atoms with Crippen LogP contribution in [0.4, 0.5) is 5.13 Å². The summed E-state index contributed by atoms with van der Waals surface area (Å²) >= 11 is 1.67. The Labute approximate surface area is 105 Å². The molecule has 1 aliphatic rings. The summed E-state index contributed by atoms with van der Waals surface area (Å²) in [5, 5.41) is 10.1. The summed E-state index contributed by atoms with van der Waals surface area (Å²) < 4.78 is 0. The van der Waals surface area contributed by atoms with Crippen LogP contribution in [0.2, 0.25) is 0 Å². The van der Waals surface area contributed by atoms with Gasteiger partial charge in [0.15, 0.2) is 5.13 Å². The molecule has 0 fully saturated rings. The normalized spacial score (nSPS) is 18.1. The Bertz CT molecular complexity index is 417. The van der Waals surface area contributed by atoms with Crippen molar-refractivity contribution >= 4 is 22.4 Å². The van der Waals surface area contributed by atoms with Crippen molar-refractivity contribution in [2.75, 3.05) is 18.0 Å². The molecule has 0 bridgehead atoms. The van der Waals surface area contributed by atoms with Crippen LogP contribution in [0.15, 0.2) is 0 Å². The van der Waals surface area contributed by atoms with E-state index in [1.54, 1.807) is 11.3 Å². The highest BCUT2D eigenvalue weighted by molar-refractivity contribution is 7.15. The molecule has 17 heavy (non-hydrogen) atoms. The minimum Gasteiger partial charge on any atom is -0.481 e. The molecule has 0 aromatic carbocycles. The second kappa shape index (κ2) is 5.04. The molecule has 0 saturated heterocycles. The van der Waals surface area contributed by atoms with Gasteiger partial charge in [0.1, 0.15) is 5.92 Å². The fourth-order valence-electron chi connectivity index (χ4n) is 2.25. The number of carboxylic acid groups (broad SMARTS) is 1. The number of rotatable bonds is 5. The average molecular weight is 254 g/mol. The summed E-state index contributed by atoms with van der Waals surface area (Å²) in [6.45, 7) is 6.17. The van der Waals surface area contributed by atoms with E-state index in [4.69, 9.17) is 5.11 Å². The Hall–Kier alpha value is -1.10. The Morgan fingerprint density at radius 2 is 2.35 bits per heavy atom. The molecule has 0 radical (unpaired) electrons. The van der Waals surface area contributed by atoms with E-state index < -0.39 is 5.97 Å². The van der Waals surface area contributed by atoms with E-state index in [1.165, 1.54) is 4.88 Å². The number of carboxylic acids is 1. The van der Waals surface area contributed by atoms with Gasteiger partial charge in [-0.05, 0) is 26.2 Å². The van der Waals surface area contributed by atoms with Crippen LogP contribution in [-0.2, 0) is 11.2 Å². The molecule has 0 amide bonds. The lowest BCUT2D eigenvalue weighted by atomic mass is 10.1. The zero-order chi connectivity index (χ0) is 12.4. The highest BCUT2D eigenvalue weighted by Crippen LogP contribution is 2.39. The molecule has 94 valence electrons. The zero-order valence-electron chi connectivity index (χ0n) is 10.3. The topological polar surface area (TPSA) is 53.4 Å². The molecule has 1 aromatic rings. The number of anilines is 1. The fraction of sp³-hybridized carbons (Fsp3) is 0.667. The van der Waals surface area contributed by atoms with Crippen LogP contribution in [-0.4, -0.2) is 29.1 Å². The smallest absolute Gasteiger partial charge is 0.312 e. The van der Waals surface area contributed by atoms with E-state index in [1.807, 2.05) is 0 Å². The van der Waals surface area contributed by atoms with Gasteiger partial charge in [-0.25, -0.2) is 4.98 Å². The Morgan fingerprint density at radius 3 is 2.94 bits per heavy atom. The van der Waals surface area contributed by atoms with Crippen LogP contribution in [0.5, 0.6) is 0 Å². The van der Waals surface area contributed by atoms with E-state index in [0.29, 0.717) is 6.42 Å². The lowest BCUT2D eigenvalue weighted by molar-refractivity contribution is -0.138. The van der Waals surface area contributed by atoms with Gasteiger partial charge in [-0.1, -0.05) is 6.92 Å². The van der Waals surface area contributed by atoms with Gasteiger partial charge in [0.2, 0.25) is 0 Å². The van der Waals surface area contributed by atoms with E-state index in [0.717, 1.165) is 36.8 Å². The second-order valence-electron chi connectivity index (χ2n) is 4.31. The third-order valence-corrected chi connectivity index (χ3v) is 4.34. The van der Waals surface area contributed by atoms with Gasteiger partial charge in [0.05, 0.1) is 5.69 Å². The second-order valence-corrected chi connectivity index (χ2v) is 5.38. The van der Waals surface area contributed by atoms with Crippen LogP contribution < -0.4 is 4.90 Å². The number of fused-ring (bicyclic) bond motifs is 1. The van der Waals surface area contributed by atoms with Crippen molar-refractivity contribution in [3.63, 3.8) is 0 Å². The first-order valence-electron chi connectivity index (χ1n) is 6.14. The van der Waals surface area contributed by atoms with Crippen molar-refractivity contribution in [2.45, 2.75) is 39.0 Å². The highest BCUT2D eigenvalue weighted by atomic mass is 32.1. The number of aromatic nitrogens is 1. The molecule has 0 spiro atoms. The first-order valence-corrected chi connectivity index (χ1v) is 6.96. The van der Waals surface area contributed by atoms with Crippen LogP contribution in [0.3, 0.4) is 0 Å². The van der Waals surface area contributed by atoms with Crippen LogP contribution in [0.1, 0.15) is 43.2 Å². The van der Waals surface area contributed by atoms with E-state index in [9.17, 15) is 4.79 Å². The molecule has 2 rings (SSSR count). The number of hydrogen-bond donors (Lipinski definition) is 1. The number of thiazole rings is 1. The number of carbonyl (C=O) groups is 1. The van der Waals surface area contributed by atoms with Crippen molar-refractivity contribution in [2.24, 2.45) is 0 Å². The molecule has 1 heterocycles. The Balaban J connectivity index is 2.23. The molecule has 1 N–H and O–H groups in total. The molecule has 0 saturated carbocycles. The van der Waals surface area contributed by atoms with Crippen molar-refractivity contribution in [3.8, 4) is 0 Å². The van der Waals surface area contributed by atoms with E-state index >= 15 is 0 Å². The molecule has 1 atom stereocenters. The molecule has 0 aliphatic heterocycles. The van der Waals surface area contributed by atoms with Gasteiger partial charge in [0, 0.05) is 18.0 Å². The maximum atomic E-state index is 11.1. The maximum absolute atomic E-state index is 11.1. The van der Waals surface area contributed by atoms with Crippen molar-refractivity contribution in [3.05, 3.63) is 10.6 Å². The van der Waals surface area contributed by atoms with Crippen molar-refractivity contribution < 1.29 is 9.90 Å². The maximum Gasteiger partial charge on any atom is 0.312 e. The van der Waals surface area contributed by atoms with Gasteiger partial charge >= 0.3 is 5.97 Å². The fourth-order valence-corrected chi connectivity index (χ4v) is 3.48.